The lowest BCUT2D eigenvalue weighted by atomic mass is 10.1. The quantitative estimate of drug-likeness (QED) is 0.785. The number of rotatable bonds is 6. The molecule has 2 rings (SSSR count). The number of nitrogens with zero attached hydrogens (tertiary/aromatic N) is 3. The minimum Gasteiger partial charge on any atom is -0.322 e. The second kappa shape index (κ2) is 6.07. The molecule has 1 N–H and O–H groups in total. The molecule has 0 bridgehead atoms. The number of Topliss-reactive ketones (excluding diaryl/α,β-unsaturated/α-hetero) is 1. The van der Waals surface area contributed by atoms with Gasteiger partial charge in [0.1, 0.15) is 0 Å². The van der Waals surface area contributed by atoms with E-state index in [4.69, 9.17) is 0 Å². The molecule has 0 aromatic carbocycles. The van der Waals surface area contributed by atoms with Gasteiger partial charge in [-0.3, -0.25) is 15.1 Å². The Kier molecular flexibility index (Phi) is 4.20. The lowest BCUT2D eigenvalue weighted by molar-refractivity contribution is 0.0980. The van der Waals surface area contributed by atoms with Crippen molar-refractivity contribution in [2.75, 3.05) is 6.54 Å². The number of carbonyl (C=O) groups is 1. The number of imidazole rings is 1. The zero-order chi connectivity index (χ0) is 12.8. The van der Waals surface area contributed by atoms with Crippen LogP contribution in [0.2, 0.25) is 0 Å². The fraction of sp³-hybridized carbons (Fsp3) is 0.308. The van der Waals surface area contributed by atoms with Crippen molar-refractivity contribution in [3.05, 3.63) is 48.8 Å². The van der Waals surface area contributed by atoms with Crippen LogP contribution in [0.15, 0.2) is 43.2 Å². The first-order chi connectivity index (χ1) is 8.77. The van der Waals surface area contributed by atoms with Gasteiger partial charge in [-0.15, -0.1) is 0 Å². The van der Waals surface area contributed by atoms with Gasteiger partial charge in [0.2, 0.25) is 0 Å². The van der Waals surface area contributed by atoms with Crippen LogP contribution in [0.1, 0.15) is 29.9 Å². The molecule has 0 saturated carbocycles. The van der Waals surface area contributed by atoms with Crippen molar-refractivity contribution in [1.82, 2.24) is 19.9 Å². The Morgan fingerprint density at radius 1 is 1.44 bits per heavy atom. The van der Waals surface area contributed by atoms with Gasteiger partial charge in [0.05, 0.1) is 12.5 Å². The van der Waals surface area contributed by atoms with Gasteiger partial charge in [-0.1, -0.05) is 0 Å². The van der Waals surface area contributed by atoms with Crippen molar-refractivity contribution in [1.29, 1.82) is 0 Å². The molecule has 18 heavy (non-hydrogen) atoms. The van der Waals surface area contributed by atoms with Gasteiger partial charge in [0.25, 0.3) is 0 Å². The van der Waals surface area contributed by atoms with Crippen molar-refractivity contribution in [3.63, 3.8) is 0 Å². The van der Waals surface area contributed by atoms with Crippen LogP contribution in [0.5, 0.6) is 0 Å². The maximum absolute atomic E-state index is 11.8. The van der Waals surface area contributed by atoms with E-state index in [1.807, 2.05) is 17.7 Å². The topological polar surface area (TPSA) is 59.8 Å². The first kappa shape index (κ1) is 12.4. The minimum atomic E-state index is 0.105. The number of pyridine rings is 1. The van der Waals surface area contributed by atoms with E-state index in [2.05, 4.69) is 15.3 Å². The highest BCUT2D eigenvalue weighted by Crippen LogP contribution is 2.03. The summed E-state index contributed by atoms with van der Waals surface area (Å²) in [6, 6.07) is 3.56. The molecule has 1 atom stereocenters. The summed E-state index contributed by atoms with van der Waals surface area (Å²) in [5.74, 6) is 0.105. The SMILES string of the molecule is CC(NCCC(=O)c1cccnc1)n1ccnc1. The van der Waals surface area contributed by atoms with Crippen molar-refractivity contribution in [2.45, 2.75) is 19.5 Å². The van der Waals surface area contributed by atoms with E-state index >= 15 is 0 Å². The molecule has 5 nitrogen and oxygen atoms in total. The average Bonchev–Trinajstić information content (AvgIpc) is 2.93. The second-order valence-corrected chi connectivity index (χ2v) is 4.05. The van der Waals surface area contributed by atoms with Crippen molar-refractivity contribution in [3.8, 4) is 0 Å². The van der Waals surface area contributed by atoms with E-state index in [9.17, 15) is 4.79 Å². The zero-order valence-corrected chi connectivity index (χ0v) is 10.3. The molecule has 0 spiro atoms. The average molecular weight is 244 g/mol. The highest BCUT2D eigenvalue weighted by molar-refractivity contribution is 5.95. The summed E-state index contributed by atoms with van der Waals surface area (Å²) in [5, 5.41) is 3.27. The number of aromatic nitrogens is 3. The molecule has 94 valence electrons. The van der Waals surface area contributed by atoms with Gasteiger partial charge < -0.3 is 4.57 Å². The maximum atomic E-state index is 11.8. The predicted molar refractivity (Wildman–Crippen MR) is 68.1 cm³/mol. The Morgan fingerprint density at radius 2 is 2.33 bits per heavy atom. The Hall–Kier alpha value is -2.01. The zero-order valence-electron chi connectivity index (χ0n) is 10.3. The maximum Gasteiger partial charge on any atom is 0.165 e. The van der Waals surface area contributed by atoms with Gasteiger partial charge in [0.15, 0.2) is 5.78 Å². The summed E-state index contributed by atoms with van der Waals surface area (Å²) in [5.41, 5.74) is 0.662. The number of hydrogen-bond acceptors (Lipinski definition) is 4. The Morgan fingerprint density at radius 3 is 3.00 bits per heavy atom. The predicted octanol–water partition coefficient (Wildman–Crippen LogP) is 1.66. The Bertz CT molecular complexity index is 481. The van der Waals surface area contributed by atoms with Gasteiger partial charge in [-0.25, -0.2) is 4.98 Å². The van der Waals surface area contributed by atoms with E-state index in [0.29, 0.717) is 18.5 Å². The lowest BCUT2D eigenvalue weighted by Gasteiger charge is -2.14. The van der Waals surface area contributed by atoms with Crippen LogP contribution in [-0.2, 0) is 0 Å². The summed E-state index contributed by atoms with van der Waals surface area (Å²) in [6.07, 6.45) is 9.23. The molecule has 0 aliphatic carbocycles. The molecule has 5 heteroatoms. The molecule has 0 amide bonds. The number of hydrogen-bond donors (Lipinski definition) is 1. The molecule has 2 aromatic rings. The van der Waals surface area contributed by atoms with Crippen LogP contribution < -0.4 is 5.32 Å². The fourth-order valence-electron chi connectivity index (χ4n) is 1.67. The summed E-state index contributed by atoms with van der Waals surface area (Å²) in [4.78, 5) is 19.7. The minimum absolute atomic E-state index is 0.105. The molecular formula is C13H16N4O. The van der Waals surface area contributed by atoms with Crippen LogP contribution in [-0.4, -0.2) is 26.9 Å². The van der Waals surface area contributed by atoms with E-state index in [-0.39, 0.29) is 11.9 Å². The molecular weight excluding hydrogens is 228 g/mol. The molecule has 0 fully saturated rings. The van der Waals surface area contributed by atoms with Gasteiger partial charge >= 0.3 is 0 Å². The number of carbonyl (C=O) groups excluding carboxylic acids is 1. The van der Waals surface area contributed by atoms with Crippen LogP contribution in [0.4, 0.5) is 0 Å². The summed E-state index contributed by atoms with van der Waals surface area (Å²) >= 11 is 0. The van der Waals surface area contributed by atoms with Crippen molar-refractivity contribution >= 4 is 5.78 Å². The fourth-order valence-corrected chi connectivity index (χ4v) is 1.67. The normalized spacial score (nSPS) is 12.3. The second-order valence-electron chi connectivity index (χ2n) is 4.05. The van der Waals surface area contributed by atoms with E-state index in [1.165, 1.54) is 0 Å². The third-order valence-corrected chi connectivity index (χ3v) is 2.75. The molecule has 0 radical (unpaired) electrons. The Balaban J connectivity index is 1.77. The lowest BCUT2D eigenvalue weighted by Crippen LogP contribution is -2.25. The number of ketones is 1. The molecule has 2 heterocycles. The van der Waals surface area contributed by atoms with Crippen LogP contribution in [0, 0.1) is 0 Å². The highest BCUT2D eigenvalue weighted by Gasteiger charge is 2.07. The molecule has 0 aliphatic rings. The monoisotopic (exact) mass is 244 g/mol. The first-order valence-corrected chi connectivity index (χ1v) is 5.91. The van der Waals surface area contributed by atoms with Crippen molar-refractivity contribution in [2.24, 2.45) is 0 Å². The molecule has 0 saturated heterocycles. The number of nitrogens with one attached hydrogen (secondary N) is 1. The summed E-state index contributed by atoms with van der Waals surface area (Å²) in [7, 11) is 0. The molecule has 0 aliphatic heterocycles. The Labute approximate surface area is 106 Å². The highest BCUT2D eigenvalue weighted by atomic mass is 16.1. The summed E-state index contributed by atoms with van der Waals surface area (Å²) in [6.45, 7) is 2.66. The third-order valence-electron chi connectivity index (χ3n) is 2.75. The molecule has 2 aromatic heterocycles. The van der Waals surface area contributed by atoms with Gasteiger partial charge in [0, 0.05) is 43.3 Å². The van der Waals surface area contributed by atoms with E-state index in [1.54, 1.807) is 37.1 Å². The van der Waals surface area contributed by atoms with Gasteiger partial charge in [-0.05, 0) is 19.1 Å². The van der Waals surface area contributed by atoms with Crippen LogP contribution in [0.3, 0.4) is 0 Å². The van der Waals surface area contributed by atoms with Crippen LogP contribution in [0.25, 0.3) is 0 Å². The van der Waals surface area contributed by atoms with Gasteiger partial charge in [-0.2, -0.15) is 0 Å². The standard InChI is InChI=1S/C13H16N4O/c1-11(17-8-7-15-10-17)16-6-4-13(18)12-3-2-5-14-9-12/h2-3,5,7-11,16H,4,6H2,1H3. The van der Waals surface area contributed by atoms with Crippen molar-refractivity contribution < 1.29 is 4.79 Å². The smallest absolute Gasteiger partial charge is 0.165 e. The largest absolute Gasteiger partial charge is 0.322 e. The third kappa shape index (κ3) is 3.24. The van der Waals surface area contributed by atoms with Crippen LogP contribution >= 0.6 is 0 Å². The van der Waals surface area contributed by atoms with E-state index < -0.39 is 0 Å². The summed E-state index contributed by atoms with van der Waals surface area (Å²) < 4.78 is 1.95. The van der Waals surface area contributed by atoms with E-state index in [0.717, 1.165) is 0 Å². The first-order valence-electron chi connectivity index (χ1n) is 5.91. The molecule has 1 unspecified atom stereocenters.